The van der Waals surface area contributed by atoms with E-state index < -0.39 is 0 Å². The van der Waals surface area contributed by atoms with Crippen molar-refractivity contribution in [1.82, 2.24) is 10.6 Å². The Morgan fingerprint density at radius 3 is 2.88 bits per heavy atom. The first-order valence-corrected chi connectivity index (χ1v) is 2.77. The molecule has 3 nitrogen and oxygen atoms in total. The maximum absolute atomic E-state index is 10.5. The maximum atomic E-state index is 10.5. The van der Waals surface area contributed by atoms with Crippen molar-refractivity contribution in [2.45, 2.75) is 12.5 Å². The molecule has 0 unspecified atom stereocenters. The normalized spacial score (nSPS) is 28.1. The van der Waals surface area contributed by atoms with Crippen LogP contribution in [0, 0.1) is 0 Å². The Morgan fingerprint density at radius 1 is 1.88 bits per heavy atom. The van der Waals surface area contributed by atoms with E-state index in [-0.39, 0.29) is 5.91 Å². The molecule has 1 atom stereocenters. The monoisotopic (exact) mass is 114 g/mol. The fraction of sp³-hybridized carbons (Fsp3) is 0.800. The van der Waals surface area contributed by atoms with Crippen molar-refractivity contribution < 1.29 is 4.79 Å². The average molecular weight is 114 g/mol. The van der Waals surface area contributed by atoms with Gasteiger partial charge in [0.25, 0.3) is 0 Å². The molecule has 0 aromatic heterocycles. The Morgan fingerprint density at radius 2 is 2.62 bits per heavy atom. The van der Waals surface area contributed by atoms with E-state index in [1.54, 1.807) is 0 Å². The number of nitrogens with one attached hydrogen (secondary N) is 2. The van der Waals surface area contributed by atoms with Gasteiger partial charge < -0.3 is 10.6 Å². The molecule has 0 bridgehead atoms. The average Bonchev–Trinajstić information content (AvgIpc) is 2.14. The highest BCUT2D eigenvalue weighted by Crippen LogP contribution is 1.96. The molecule has 1 heterocycles. The van der Waals surface area contributed by atoms with Gasteiger partial charge in [-0.2, -0.15) is 0 Å². The predicted octanol–water partition coefficient (Wildman–Crippen LogP) is -0.906. The van der Waals surface area contributed by atoms with Crippen LogP contribution in [0.25, 0.3) is 0 Å². The Kier molecular flexibility index (Phi) is 1.48. The number of hydrogen-bond acceptors (Lipinski definition) is 2. The fourth-order valence-electron chi connectivity index (χ4n) is 0.809. The second kappa shape index (κ2) is 2.13. The van der Waals surface area contributed by atoms with Crippen molar-refractivity contribution in [1.29, 1.82) is 0 Å². The van der Waals surface area contributed by atoms with Crippen LogP contribution in [-0.2, 0) is 4.79 Å². The summed E-state index contributed by atoms with van der Waals surface area (Å²) in [6, 6.07) is 0.363. The largest absolute Gasteiger partial charge is 0.354 e. The summed E-state index contributed by atoms with van der Waals surface area (Å²) in [5.41, 5.74) is 0. The molecule has 2 N–H and O–H groups in total. The summed E-state index contributed by atoms with van der Waals surface area (Å²) in [4.78, 5) is 10.5. The quantitative estimate of drug-likeness (QED) is 0.463. The molecule has 1 rings (SSSR count). The highest BCUT2D eigenvalue weighted by atomic mass is 16.1. The molecule has 0 saturated carbocycles. The van der Waals surface area contributed by atoms with Crippen LogP contribution in [0.2, 0.25) is 0 Å². The molecule has 1 fully saturated rings. The lowest BCUT2D eigenvalue weighted by molar-refractivity contribution is -0.119. The fourth-order valence-corrected chi connectivity index (χ4v) is 0.809. The summed E-state index contributed by atoms with van der Waals surface area (Å²) in [6.07, 6.45) is 0.635. The van der Waals surface area contributed by atoms with Crippen molar-refractivity contribution in [2.24, 2.45) is 0 Å². The zero-order valence-electron chi connectivity index (χ0n) is 4.90. The molecule has 1 saturated heterocycles. The highest BCUT2D eigenvalue weighted by molar-refractivity contribution is 5.78. The highest BCUT2D eigenvalue weighted by Gasteiger charge is 2.18. The molecule has 0 aromatic carbocycles. The third kappa shape index (κ3) is 0.980. The lowest BCUT2D eigenvalue weighted by Gasteiger charge is -2.00. The SMILES string of the molecule is CN[C@H]1CNC(=O)C1. The molecule has 0 spiro atoms. The van der Waals surface area contributed by atoms with E-state index >= 15 is 0 Å². The molecule has 0 radical (unpaired) electrons. The Bertz CT molecular complexity index is 103. The van der Waals surface area contributed by atoms with Gasteiger partial charge in [-0.1, -0.05) is 0 Å². The first-order valence-electron chi connectivity index (χ1n) is 2.77. The van der Waals surface area contributed by atoms with Crippen LogP contribution in [-0.4, -0.2) is 25.5 Å². The third-order valence-corrected chi connectivity index (χ3v) is 1.39. The van der Waals surface area contributed by atoms with Gasteiger partial charge in [-0.05, 0) is 7.05 Å². The third-order valence-electron chi connectivity index (χ3n) is 1.39. The lowest BCUT2D eigenvalue weighted by Crippen LogP contribution is -2.26. The summed E-state index contributed by atoms with van der Waals surface area (Å²) in [7, 11) is 1.87. The van der Waals surface area contributed by atoms with Crippen LogP contribution >= 0.6 is 0 Å². The molecule has 0 aromatic rings. The number of likely N-dealkylation sites (N-methyl/N-ethyl adjacent to an activating group) is 1. The van der Waals surface area contributed by atoms with E-state index in [1.165, 1.54) is 0 Å². The van der Waals surface area contributed by atoms with Gasteiger partial charge in [0.15, 0.2) is 0 Å². The topological polar surface area (TPSA) is 41.1 Å². The van der Waals surface area contributed by atoms with Crippen LogP contribution in [0.5, 0.6) is 0 Å². The zero-order valence-corrected chi connectivity index (χ0v) is 4.90. The Hall–Kier alpha value is -0.570. The Balaban J connectivity index is 2.32. The molecule has 3 heteroatoms. The molecule has 0 aliphatic carbocycles. The summed E-state index contributed by atoms with van der Waals surface area (Å²) in [5.74, 6) is 0.157. The van der Waals surface area contributed by atoms with Gasteiger partial charge >= 0.3 is 0 Å². The zero-order chi connectivity index (χ0) is 5.98. The number of carbonyl (C=O) groups excluding carboxylic acids is 1. The van der Waals surface area contributed by atoms with Crippen molar-refractivity contribution in [3.63, 3.8) is 0 Å². The minimum absolute atomic E-state index is 0.157. The second-order valence-corrected chi connectivity index (χ2v) is 1.99. The summed E-state index contributed by atoms with van der Waals surface area (Å²) < 4.78 is 0. The number of carbonyl (C=O) groups is 1. The molecule has 1 aliphatic heterocycles. The van der Waals surface area contributed by atoms with Crippen LogP contribution in [0.15, 0.2) is 0 Å². The van der Waals surface area contributed by atoms with Gasteiger partial charge in [-0.3, -0.25) is 4.79 Å². The Labute approximate surface area is 48.5 Å². The summed E-state index contributed by atoms with van der Waals surface area (Å²) >= 11 is 0. The van der Waals surface area contributed by atoms with Crippen LogP contribution in [0.4, 0.5) is 0 Å². The molecule has 1 amide bonds. The first-order chi connectivity index (χ1) is 3.83. The standard InChI is InChI=1S/C5H10N2O/c1-6-4-2-5(8)7-3-4/h4,6H,2-3H2,1H3,(H,7,8)/t4-/m1/s1. The van der Waals surface area contributed by atoms with Crippen LogP contribution in [0.1, 0.15) is 6.42 Å². The molecule has 8 heavy (non-hydrogen) atoms. The van der Waals surface area contributed by atoms with E-state index in [2.05, 4.69) is 10.6 Å². The van der Waals surface area contributed by atoms with Crippen molar-refractivity contribution in [3.8, 4) is 0 Å². The van der Waals surface area contributed by atoms with Gasteiger partial charge in [0.2, 0.25) is 5.91 Å². The van der Waals surface area contributed by atoms with E-state index in [9.17, 15) is 4.79 Å². The van der Waals surface area contributed by atoms with E-state index in [1.807, 2.05) is 7.05 Å². The van der Waals surface area contributed by atoms with Crippen LogP contribution < -0.4 is 10.6 Å². The van der Waals surface area contributed by atoms with E-state index in [4.69, 9.17) is 0 Å². The minimum atomic E-state index is 0.157. The number of amides is 1. The molecule has 1 aliphatic rings. The number of rotatable bonds is 1. The van der Waals surface area contributed by atoms with Gasteiger partial charge in [0.05, 0.1) is 0 Å². The number of hydrogen-bond donors (Lipinski definition) is 2. The second-order valence-electron chi connectivity index (χ2n) is 1.99. The predicted molar refractivity (Wildman–Crippen MR) is 30.5 cm³/mol. The van der Waals surface area contributed by atoms with E-state index in [0.717, 1.165) is 6.54 Å². The lowest BCUT2D eigenvalue weighted by atomic mass is 10.3. The van der Waals surface area contributed by atoms with Crippen molar-refractivity contribution in [2.75, 3.05) is 13.6 Å². The van der Waals surface area contributed by atoms with E-state index in [0.29, 0.717) is 12.5 Å². The smallest absolute Gasteiger partial charge is 0.221 e. The van der Waals surface area contributed by atoms with Gasteiger partial charge in [-0.25, -0.2) is 0 Å². The summed E-state index contributed by atoms with van der Waals surface area (Å²) in [5, 5.41) is 5.73. The summed E-state index contributed by atoms with van der Waals surface area (Å²) in [6.45, 7) is 0.787. The first kappa shape index (κ1) is 5.56. The molecular formula is C5H10N2O. The van der Waals surface area contributed by atoms with Crippen molar-refractivity contribution >= 4 is 5.91 Å². The van der Waals surface area contributed by atoms with Gasteiger partial charge in [0, 0.05) is 19.0 Å². The van der Waals surface area contributed by atoms with Crippen molar-refractivity contribution in [3.05, 3.63) is 0 Å². The molecule has 46 valence electrons. The molecular weight excluding hydrogens is 104 g/mol. The van der Waals surface area contributed by atoms with Gasteiger partial charge in [-0.15, -0.1) is 0 Å². The van der Waals surface area contributed by atoms with Crippen LogP contribution in [0.3, 0.4) is 0 Å². The minimum Gasteiger partial charge on any atom is -0.354 e. The van der Waals surface area contributed by atoms with Gasteiger partial charge in [0.1, 0.15) is 0 Å². The maximum Gasteiger partial charge on any atom is 0.221 e.